The summed E-state index contributed by atoms with van der Waals surface area (Å²) in [7, 11) is 0. The molecule has 12 aromatic rings. The van der Waals surface area contributed by atoms with E-state index in [-0.39, 0.29) is 0 Å². The Morgan fingerprint density at radius 1 is 0.258 bits per heavy atom. The second-order valence-electron chi connectivity index (χ2n) is 15.6. The molecular weight excluding hydrogens is 755 g/mol. The van der Waals surface area contributed by atoms with Gasteiger partial charge in [-0.3, -0.25) is 0 Å². The van der Waals surface area contributed by atoms with Crippen molar-refractivity contribution in [3.63, 3.8) is 0 Å². The third-order valence-electron chi connectivity index (χ3n) is 12.0. The highest BCUT2D eigenvalue weighted by Gasteiger charge is 2.19. The Balaban J connectivity index is 1.01. The quantitative estimate of drug-likeness (QED) is 0.162. The number of benzene rings is 9. The normalized spacial score (nSPS) is 11.5. The Morgan fingerprint density at radius 2 is 0.661 bits per heavy atom. The van der Waals surface area contributed by atoms with E-state index in [1.165, 1.54) is 32.6 Å². The first-order valence-electron chi connectivity index (χ1n) is 20.9. The maximum atomic E-state index is 5.23. The smallest absolute Gasteiger partial charge is 0.164 e. The van der Waals surface area contributed by atoms with Gasteiger partial charge in [0.1, 0.15) is 0 Å². The van der Waals surface area contributed by atoms with Gasteiger partial charge in [0.2, 0.25) is 0 Å². The van der Waals surface area contributed by atoms with Crippen molar-refractivity contribution in [2.24, 2.45) is 0 Å². The van der Waals surface area contributed by atoms with E-state index in [4.69, 9.17) is 15.0 Å². The molecule has 12 rings (SSSR count). The van der Waals surface area contributed by atoms with Gasteiger partial charge in [0.25, 0.3) is 0 Å². The number of para-hydroxylation sites is 4. The average molecular weight is 792 g/mol. The molecule has 0 aliphatic carbocycles. The van der Waals surface area contributed by atoms with Gasteiger partial charge in [-0.15, -0.1) is 0 Å². The fourth-order valence-corrected chi connectivity index (χ4v) is 9.11. The second-order valence-corrected chi connectivity index (χ2v) is 15.6. The molecule has 3 aromatic heterocycles. The van der Waals surface area contributed by atoms with Gasteiger partial charge in [-0.05, 0) is 65.2 Å². The molecule has 0 unspecified atom stereocenters. The van der Waals surface area contributed by atoms with Crippen molar-refractivity contribution in [1.82, 2.24) is 24.1 Å². The SMILES string of the molecule is c1ccc(-c2nc(-c3cccc(-c4ccc(-c5ccccc5)c(-n5c6ccccc6c6ccccc65)c4)c3)nc(-c3cccc(-n4c5ccccc5c5ccccc54)c3)n2)cc1. The first kappa shape index (κ1) is 35.5. The standard InChI is InChI=1S/C57H37N5/c1-3-17-38(18-4-1)45-34-33-41(37-54(45)62-52-31-13-9-27-48(52)49-28-10-14-32-53(49)62)40-21-15-22-42(35-40)56-58-55(39-19-5-2-6-20-39)59-57(60-56)43-23-16-24-44(36-43)61-50-29-11-7-25-46(50)47-26-8-12-30-51(47)61/h1-37H. The summed E-state index contributed by atoms with van der Waals surface area (Å²) in [6.07, 6.45) is 0. The second kappa shape index (κ2) is 14.7. The van der Waals surface area contributed by atoms with Gasteiger partial charge in [0.15, 0.2) is 17.5 Å². The molecule has 290 valence electrons. The number of rotatable bonds is 7. The summed E-state index contributed by atoms with van der Waals surface area (Å²) >= 11 is 0. The lowest BCUT2D eigenvalue weighted by Gasteiger charge is -2.16. The van der Waals surface area contributed by atoms with Crippen LogP contribution in [0, 0.1) is 0 Å². The summed E-state index contributed by atoms with van der Waals surface area (Å²) in [6.45, 7) is 0. The van der Waals surface area contributed by atoms with E-state index in [1.54, 1.807) is 0 Å². The Bertz CT molecular complexity index is 3530. The monoisotopic (exact) mass is 791 g/mol. The lowest BCUT2D eigenvalue weighted by Crippen LogP contribution is -2.01. The minimum atomic E-state index is 0.612. The highest BCUT2D eigenvalue weighted by molar-refractivity contribution is 6.10. The van der Waals surface area contributed by atoms with E-state index in [0.29, 0.717) is 17.5 Å². The molecule has 0 saturated heterocycles. The summed E-state index contributed by atoms with van der Waals surface area (Å²) in [5.41, 5.74) is 14.1. The summed E-state index contributed by atoms with van der Waals surface area (Å²) in [5.74, 6) is 1.85. The van der Waals surface area contributed by atoms with Gasteiger partial charge >= 0.3 is 0 Å². The molecule has 0 aliphatic heterocycles. The lowest BCUT2D eigenvalue weighted by atomic mass is 9.97. The average Bonchev–Trinajstić information content (AvgIpc) is 3.87. The van der Waals surface area contributed by atoms with Crippen LogP contribution in [0.2, 0.25) is 0 Å². The minimum absolute atomic E-state index is 0.612. The van der Waals surface area contributed by atoms with Crippen LogP contribution in [-0.2, 0) is 0 Å². The van der Waals surface area contributed by atoms with Crippen molar-refractivity contribution < 1.29 is 0 Å². The van der Waals surface area contributed by atoms with Crippen molar-refractivity contribution in [3.8, 4) is 67.8 Å². The number of hydrogen-bond acceptors (Lipinski definition) is 3. The molecule has 9 aromatic carbocycles. The van der Waals surface area contributed by atoms with Crippen LogP contribution in [0.5, 0.6) is 0 Å². The van der Waals surface area contributed by atoms with Gasteiger partial charge in [-0.25, -0.2) is 15.0 Å². The van der Waals surface area contributed by atoms with E-state index >= 15 is 0 Å². The van der Waals surface area contributed by atoms with E-state index in [1.807, 2.05) is 18.2 Å². The zero-order valence-corrected chi connectivity index (χ0v) is 33.6. The van der Waals surface area contributed by atoms with Crippen molar-refractivity contribution in [2.45, 2.75) is 0 Å². The number of fused-ring (bicyclic) bond motifs is 6. The van der Waals surface area contributed by atoms with Crippen molar-refractivity contribution >= 4 is 43.6 Å². The van der Waals surface area contributed by atoms with Gasteiger partial charge in [0.05, 0.1) is 27.8 Å². The molecule has 0 bridgehead atoms. The molecule has 0 radical (unpaired) electrons. The molecule has 5 nitrogen and oxygen atoms in total. The molecule has 0 N–H and O–H groups in total. The van der Waals surface area contributed by atoms with Crippen LogP contribution in [0.15, 0.2) is 224 Å². The van der Waals surface area contributed by atoms with Crippen molar-refractivity contribution in [2.75, 3.05) is 0 Å². The fourth-order valence-electron chi connectivity index (χ4n) is 9.11. The molecule has 3 heterocycles. The third kappa shape index (κ3) is 5.98. The Hall–Kier alpha value is -8.41. The highest BCUT2D eigenvalue weighted by Crippen LogP contribution is 2.39. The Labute approximate surface area is 358 Å². The van der Waals surface area contributed by atoms with Gasteiger partial charge in [-0.1, -0.05) is 176 Å². The molecule has 5 heteroatoms. The first-order valence-corrected chi connectivity index (χ1v) is 20.9. The zero-order valence-electron chi connectivity index (χ0n) is 33.6. The predicted octanol–water partition coefficient (Wildman–Crippen LogP) is 14.4. The molecule has 0 amide bonds. The summed E-state index contributed by atoms with van der Waals surface area (Å²) < 4.78 is 4.74. The van der Waals surface area contributed by atoms with Gasteiger partial charge in [-0.2, -0.15) is 0 Å². The molecule has 0 saturated carbocycles. The Morgan fingerprint density at radius 3 is 1.23 bits per heavy atom. The Kier molecular flexibility index (Phi) is 8.42. The lowest BCUT2D eigenvalue weighted by molar-refractivity contribution is 1.07. The largest absolute Gasteiger partial charge is 0.309 e. The minimum Gasteiger partial charge on any atom is -0.309 e. The summed E-state index contributed by atoms with van der Waals surface area (Å²) in [4.78, 5) is 15.5. The molecule has 0 fully saturated rings. The van der Waals surface area contributed by atoms with Crippen LogP contribution in [0.4, 0.5) is 0 Å². The van der Waals surface area contributed by atoms with Crippen LogP contribution in [0.25, 0.3) is 111 Å². The summed E-state index contributed by atoms with van der Waals surface area (Å²) in [5, 5.41) is 4.91. The van der Waals surface area contributed by atoms with Crippen molar-refractivity contribution in [3.05, 3.63) is 224 Å². The highest BCUT2D eigenvalue weighted by atomic mass is 15.0. The van der Waals surface area contributed by atoms with Crippen LogP contribution in [0.1, 0.15) is 0 Å². The van der Waals surface area contributed by atoms with E-state index in [0.717, 1.165) is 61.4 Å². The first-order chi connectivity index (χ1) is 30.7. The summed E-state index contributed by atoms with van der Waals surface area (Å²) in [6, 6.07) is 79.3. The topological polar surface area (TPSA) is 48.5 Å². The van der Waals surface area contributed by atoms with Crippen LogP contribution < -0.4 is 0 Å². The molecule has 0 atom stereocenters. The van der Waals surface area contributed by atoms with Crippen LogP contribution in [-0.4, -0.2) is 24.1 Å². The van der Waals surface area contributed by atoms with Crippen LogP contribution >= 0.6 is 0 Å². The third-order valence-corrected chi connectivity index (χ3v) is 12.0. The fraction of sp³-hybridized carbons (Fsp3) is 0. The maximum absolute atomic E-state index is 5.23. The predicted molar refractivity (Wildman–Crippen MR) is 256 cm³/mol. The number of nitrogens with zero attached hydrogens (tertiary/aromatic N) is 5. The van der Waals surface area contributed by atoms with Crippen LogP contribution in [0.3, 0.4) is 0 Å². The number of hydrogen-bond donors (Lipinski definition) is 0. The molecule has 0 aliphatic rings. The van der Waals surface area contributed by atoms with E-state index in [9.17, 15) is 0 Å². The van der Waals surface area contributed by atoms with Gasteiger partial charge < -0.3 is 9.13 Å². The molecular formula is C57H37N5. The molecule has 62 heavy (non-hydrogen) atoms. The van der Waals surface area contributed by atoms with Gasteiger partial charge in [0, 0.05) is 49.5 Å². The maximum Gasteiger partial charge on any atom is 0.164 e. The molecule has 0 spiro atoms. The number of aromatic nitrogens is 5. The van der Waals surface area contributed by atoms with E-state index < -0.39 is 0 Å². The van der Waals surface area contributed by atoms with Crippen molar-refractivity contribution in [1.29, 1.82) is 0 Å². The van der Waals surface area contributed by atoms with E-state index in [2.05, 4.69) is 215 Å². The zero-order chi connectivity index (χ0) is 41.0.